The van der Waals surface area contributed by atoms with Gasteiger partial charge in [-0.25, -0.2) is 0 Å². The van der Waals surface area contributed by atoms with E-state index in [9.17, 15) is 9.90 Å². The van der Waals surface area contributed by atoms with Crippen LogP contribution in [-0.2, 0) is 4.74 Å². The Balaban J connectivity index is 1.83. The highest BCUT2D eigenvalue weighted by molar-refractivity contribution is 5.97. The van der Waals surface area contributed by atoms with E-state index in [0.717, 1.165) is 0 Å². The molecule has 1 heterocycles. The van der Waals surface area contributed by atoms with Crippen LogP contribution in [0.15, 0.2) is 54.6 Å². The molecule has 0 saturated carbocycles. The molecule has 1 N–H and O–H groups in total. The molecule has 23 heavy (non-hydrogen) atoms. The fourth-order valence-electron chi connectivity index (χ4n) is 2.50. The maximum absolute atomic E-state index is 12.8. The second kappa shape index (κ2) is 7.26. The summed E-state index contributed by atoms with van der Waals surface area (Å²) >= 11 is 0. The van der Waals surface area contributed by atoms with E-state index in [1.54, 1.807) is 23.1 Å². The van der Waals surface area contributed by atoms with Gasteiger partial charge in [0.15, 0.2) is 0 Å². The monoisotopic (exact) mass is 313 g/mol. The molecule has 0 radical (unpaired) electrons. The van der Waals surface area contributed by atoms with Gasteiger partial charge >= 0.3 is 0 Å². The second-order valence-electron chi connectivity index (χ2n) is 5.39. The van der Waals surface area contributed by atoms with E-state index >= 15 is 0 Å². The standard InChI is InChI=1S/C18H19NO4/c20-14-12-19(10-11-22-13-14)18(21)16-8-4-5-9-17(16)23-15-6-2-1-3-7-15/h1-9,14,20H,10-13H2/t14-/m0/s1. The molecule has 120 valence electrons. The zero-order valence-corrected chi connectivity index (χ0v) is 12.7. The average molecular weight is 313 g/mol. The van der Waals surface area contributed by atoms with Gasteiger partial charge in [-0.2, -0.15) is 0 Å². The van der Waals surface area contributed by atoms with E-state index in [-0.39, 0.29) is 19.1 Å². The molecule has 5 nitrogen and oxygen atoms in total. The molecule has 1 aliphatic rings. The summed E-state index contributed by atoms with van der Waals surface area (Å²) in [4.78, 5) is 14.4. The molecule has 0 aliphatic carbocycles. The first kappa shape index (κ1) is 15.5. The molecular weight excluding hydrogens is 294 g/mol. The van der Waals surface area contributed by atoms with Crippen LogP contribution in [0, 0.1) is 0 Å². The minimum absolute atomic E-state index is 0.166. The van der Waals surface area contributed by atoms with Crippen LogP contribution in [-0.4, -0.2) is 48.3 Å². The van der Waals surface area contributed by atoms with E-state index in [2.05, 4.69) is 0 Å². The summed E-state index contributed by atoms with van der Waals surface area (Å²) in [5, 5.41) is 9.81. The van der Waals surface area contributed by atoms with Gasteiger partial charge in [0.25, 0.3) is 5.91 Å². The van der Waals surface area contributed by atoms with Gasteiger partial charge in [0, 0.05) is 13.1 Å². The molecular formula is C18H19NO4. The van der Waals surface area contributed by atoms with Crippen molar-refractivity contribution >= 4 is 5.91 Å². The molecule has 1 atom stereocenters. The molecule has 1 aliphatic heterocycles. The Morgan fingerprint density at radius 1 is 1.13 bits per heavy atom. The van der Waals surface area contributed by atoms with Gasteiger partial charge in [0.1, 0.15) is 11.5 Å². The minimum Gasteiger partial charge on any atom is -0.457 e. The van der Waals surface area contributed by atoms with Gasteiger partial charge < -0.3 is 19.5 Å². The smallest absolute Gasteiger partial charge is 0.257 e. The number of para-hydroxylation sites is 2. The summed E-state index contributed by atoms with van der Waals surface area (Å²) in [5.41, 5.74) is 0.477. The lowest BCUT2D eigenvalue weighted by Gasteiger charge is -2.22. The molecule has 5 heteroatoms. The summed E-state index contributed by atoms with van der Waals surface area (Å²) in [7, 11) is 0. The molecule has 3 rings (SSSR count). The van der Waals surface area contributed by atoms with Crippen LogP contribution in [0.4, 0.5) is 0 Å². The Morgan fingerprint density at radius 2 is 1.87 bits per heavy atom. The van der Waals surface area contributed by atoms with Crippen molar-refractivity contribution in [3.05, 3.63) is 60.2 Å². The molecule has 1 saturated heterocycles. The van der Waals surface area contributed by atoms with Crippen LogP contribution in [0.1, 0.15) is 10.4 Å². The third kappa shape index (κ3) is 3.88. The molecule has 0 spiro atoms. The van der Waals surface area contributed by atoms with Crippen molar-refractivity contribution in [3.8, 4) is 11.5 Å². The van der Waals surface area contributed by atoms with Gasteiger partial charge in [0.05, 0.1) is 24.9 Å². The third-order valence-corrected chi connectivity index (χ3v) is 3.62. The van der Waals surface area contributed by atoms with Crippen LogP contribution in [0.2, 0.25) is 0 Å². The zero-order valence-electron chi connectivity index (χ0n) is 12.7. The van der Waals surface area contributed by atoms with E-state index in [0.29, 0.717) is 30.2 Å². The minimum atomic E-state index is -0.663. The number of benzene rings is 2. The molecule has 0 unspecified atom stereocenters. The number of β-amino-alcohol motifs (C(OH)–C–C–N with tert-alkyl or cyclic N) is 1. The Hall–Kier alpha value is -2.37. The predicted molar refractivity (Wildman–Crippen MR) is 85.7 cm³/mol. The Labute approximate surface area is 135 Å². The van der Waals surface area contributed by atoms with Crippen molar-refractivity contribution in [1.82, 2.24) is 4.90 Å². The number of hydrogen-bond acceptors (Lipinski definition) is 4. The van der Waals surface area contributed by atoms with Crippen LogP contribution < -0.4 is 4.74 Å². The van der Waals surface area contributed by atoms with E-state index in [1.165, 1.54) is 0 Å². The maximum atomic E-state index is 12.8. The first-order valence-corrected chi connectivity index (χ1v) is 7.61. The fraction of sp³-hybridized carbons (Fsp3) is 0.278. The summed E-state index contributed by atoms with van der Waals surface area (Å²) in [6.07, 6.45) is -0.663. The zero-order chi connectivity index (χ0) is 16.1. The summed E-state index contributed by atoms with van der Waals surface area (Å²) < 4.78 is 11.1. The highest BCUT2D eigenvalue weighted by Crippen LogP contribution is 2.26. The number of amides is 1. The number of aliphatic hydroxyl groups is 1. The largest absolute Gasteiger partial charge is 0.457 e. The molecule has 1 fully saturated rings. The number of nitrogens with zero attached hydrogens (tertiary/aromatic N) is 1. The molecule has 0 aromatic heterocycles. The van der Waals surface area contributed by atoms with Crippen molar-refractivity contribution in [2.75, 3.05) is 26.3 Å². The molecule has 1 amide bonds. The Kier molecular flexibility index (Phi) is 4.90. The lowest BCUT2D eigenvalue weighted by atomic mass is 10.1. The van der Waals surface area contributed by atoms with E-state index in [1.807, 2.05) is 36.4 Å². The van der Waals surface area contributed by atoms with Crippen LogP contribution >= 0.6 is 0 Å². The first-order chi connectivity index (χ1) is 11.2. The summed E-state index contributed by atoms with van der Waals surface area (Å²) in [6, 6.07) is 16.5. The lowest BCUT2D eigenvalue weighted by molar-refractivity contribution is 0.0533. The highest BCUT2D eigenvalue weighted by Gasteiger charge is 2.24. The summed E-state index contributed by atoms with van der Waals surface area (Å²) in [6.45, 7) is 1.39. The highest BCUT2D eigenvalue weighted by atomic mass is 16.5. The fourth-order valence-corrected chi connectivity index (χ4v) is 2.50. The molecule has 2 aromatic carbocycles. The molecule has 2 aromatic rings. The first-order valence-electron chi connectivity index (χ1n) is 7.61. The van der Waals surface area contributed by atoms with Crippen LogP contribution in [0.25, 0.3) is 0 Å². The number of ether oxygens (including phenoxy) is 2. The van der Waals surface area contributed by atoms with Crippen molar-refractivity contribution < 1.29 is 19.4 Å². The van der Waals surface area contributed by atoms with Gasteiger partial charge in [-0.15, -0.1) is 0 Å². The van der Waals surface area contributed by atoms with Crippen molar-refractivity contribution in [2.24, 2.45) is 0 Å². The lowest BCUT2D eigenvalue weighted by Crippen LogP contribution is -2.37. The SMILES string of the molecule is O=C(c1ccccc1Oc1ccccc1)N1CCOC[C@@H](O)C1. The van der Waals surface area contributed by atoms with Gasteiger partial charge in [0.2, 0.25) is 0 Å². The number of carbonyl (C=O) groups excluding carboxylic acids is 1. The average Bonchev–Trinajstić information content (AvgIpc) is 2.80. The van der Waals surface area contributed by atoms with Gasteiger partial charge in [-0.3, -0.25) is 4.79 Å². The molecule has 0 bridgehead atoms. The Bertz CT molecular complexity index is 659. The van der Waals surface area contributed by atoms with Crippen molar-refractivity contribution in [1.29, 1.82) is 0 Å². The third-order valence-electron chi connectivity index (χ3n) is 3.62. The Morgan fingerprint density at radius 3 is 2.70 bits per heavy atom. The van der Waals surface area contributed by atoms with Gasteiger partial charge in [-0.1, -0.05) is 30.3 Å². The second-order valence-corrected chi connectivity index (χ2v) is 5.39. The summed E-state index contributed by atoms with van der Waals surface area (Å²) in [5.74, 6) is 1.01. The number of hydrogen-bond donors (Lipinski definition) is 1. The quantitative estimate of drug-likeness (QED) is 0.945. The number of rotatable bonds is 3. The predicted octanol–water partition coefficient (Wildman–Crippen LogP) is 2.31. The number of aliphatic hydroxyl groups excluding tert-OH is 1. The van der Waals surface area contributed by atoms with Crippen LogP contribution in [0.5, 0.6) is 11.5 Å². The topological polar surface area (TPSA) is 59.0 Å². The van der Waals surface area contributed by atoms with E-state index < -0.39 is 6.10 Å². The normalized spacial score (nSPS) is 18.3. The van der Waals surface area contributed by atoms with Gasteiger partial charge in [-0.05, 0) is 24.3 Å². The van der Waals surface area contributed by atoms with Crippen LogP contribution in [0.3, 0.4) is 0 Å². The number of carbonyl (C=O) groups is 1. The van der Waals surface area contributed by atoms with Crippen molar-refractivity contribution in [2.45, 2.75) is 6.10 Å². The maximum Gasteiger partial charge on any atom is 0.257 e. The van der Waals surface area contributed by atoms with E-state index in [4.69, 9.17) is 9.47 Å². The van der Waals surface area contributed by atoms with Crippen molar-refractivity contribution in [3.63, 3.8) is 0 Å².